The second-order valence-electron chi connectivity index (χ2n) is 10.7. The summed E-state index contributed by atoms with van der Waals surface area (Å²) in [7, 11) is -2.89. The number of benzene rings is 1. The summed E-state index contributed by atoms with van der Waals surface area (Å²) < 4.78 is 64.8. The van der Waals surface area contributed by atoms with Crippen LogP contribution >= 0.6 is 0 Å². The van der Waals surface area contributed by atoms with Crippen molar-refractivity contribution < 1.29 is 26.7 Å². The minimum Gasteiger partial charge on any atom is -0.477 e. The number of nitrogens with zero attached hydrogens (tertiary/aromatic N) is 6. The molecule has 6 rings (SSSR count). The fourth-order valence-electron chi connectivity index (χ4n) is 5.90. The molecule has 0 unspecified atom stereocenters. The van der Waals surface area contributed by atoms with Crippen molar-refractivity contribution in [3.8, 4) is 11.7 Å². The number of imidazole rings is 1. The van der Waals surface area contributed by atoms with Crippen LogP contribution in [0.15, 0.2) is 30.3 Å². The maximum atomic E-state index is 14.1. The van der Waals surface area contributed by atoms with Gasteiger partial charge < -0.3 is 14.4 Å². The SMILES string of the molecule is O=S1(=O)CCN(C2CCC(COc3cc(-n4c(C(F)F)nc5ccccc54)nc(N4CCOCC4)n3)CC2)CC1. The Morgan fingerprint density at radius 2 is 1.70 bits per heavy atom. The molecule has 1 aromatic carbocycles. The van der Waals surface area contributed by atoms with Gasteiger partial charge in [0.15, 0.2) is 15.7 Å². The molecule has 3 aromatic rings. The number of aromatic nitrogens is 4. The van der Waals surface area contributed by atoms with E-state index in [-0.39, 0.29) is 17.3 Å². The second kappa shape index (κ2) is 11.5. The topological polar surface area (TPSA) is 103 Å². The monoisotopic (exact) mass is 576 g/mol. The zero-order valence-electron chi connectivity index (χ0n) is 22.3. The van der Waals surface area contributed by atoms with Crippen molar-refractivity contribution in [2.75, 3.05) is 62.4 Å². The van der Waals surface area contributed by atoms with E-state index in [0.717, 1.165) is 25.7 Å². The molecule has 40 heavy (non-hydrogen) atoms. The molecule has 0 N–H and O–H groups in total. The average Bonchev–Trinajstić information content (AvgIpc) is 3.37. The predicted octanol–water partition coefficient (Wildman–Crippen LogP) is 3.26. The molecule has 0 spiro atoms. The minimum absolute atomic E-state index is 0.247. The highest BCUT2D eigenvalue weighted by Gasteiger charge is 2.31. The van der Waals surface area contributed by atoms with Crippen molar-refractivity contribution in [1.29, 1.82) is 0 Å². The van der Waals surface area contributed by atoms with Crippen LogP contribution in [0.3, 0.4) is 0 Å². The van der Waals surface area contributed by atoms with Crippen LogP contribution < -0.4 is 9.64 Å². The Balaban J connectivity index is 1.20. The fourth-order valence-corrected chi connectivity index (χ4v) is 7.13. The van der Waals surface area contributed by atoms with Crippen molar-refractivity contribution >= 4 is 26.8 Å². The van der Waals surface area contributed by atoms with Crippen LogP contribution in [0.25, 0.3) is 16.9 Å². The first-order valence-corrected chi connectivity index (χ1v) is 15.7. The molecule has 3 aliphatic rings. The molecule has 13 heteroatoms. The van der Waals surface area contributed by atoms with Crippen molar-refractivity contribution in [3.05, 3.63) is 36.2 Å². The van der Waals surface area contributed by atoms with E-state index < -0.39 is 16.3 Å². The summed E-state index contributed by atoms with van der Waals surface area (Å²) in [6.07, 6.45) is 1.17. The Kier molecular flexibility index (Phi) is 7.87. The number of sulfone groups is 1. The van der Waals surface area contributed by atoms with E-state index in [0.29, 0.717) is 86.6 Å². The number of rotatable bonds is 7. The van der Waals surface area contributed by atoms with Gasteiger partial charge in [0.2, 0.25) is 11.8 Å². The second-order valence-corrected chi connectivity index (χ2v) is 13.0. The van der Waals surface area contributed by atoms with Crippen LogP contribution in [0.5, 0.6) is 5.88 Å². The lowest BCUT2D eigenvalue weighted by atomic mass is 9.86. The van der Waals surface area contributed by atoms with E-state index in [1.54, 1.807) is 30.3 Å². The lowest BCUT2D eigenvalue weighted by molar-refractivity contribution is 0.120. The highest BCUT2D eigenvalue weighted by molar-refractivity contribution is 7.91. The van der Waals surface area contributed by atoms with Crippen LogP contribution in [0, 0.1) is 5.92 Å². The van der Waals surface area contributed by atoms with Gasteiger partial charge in [-0.3, -0.25) is 9.47 Å². The number of fused-ring (bicyclic) bond motifs is 1. The lowest BCUT2D eigenvalue weighted by Crippen LogP contribution is -2.47. The van der Waals surface area contributed by atoms with E-state index in [1.807, 2.05) is 4.90 Å². The van der Waals surface area contributed by atoms with Crippen molar-refractivity contribution in [3.63, 3.8) is 0 Å². The zero-order valence-corrected chi connectivity index (χ0v) is 23.1. The molecule has 0 atom stereocenters. The molecule has 2 saturated heterocycles. The van der Waals surface area contributed by atoms with Gasteiger partial charge in [0, 0.05) is 38.3 Å². The van der Waals surface area contributed by atoms with Crippen molar-refractivity contribution in [2.45, 2.75) is 38.2 Å². The van der Waals surface area contributed by atoms with Gasteiger partial charge in [-0.15, -0.1) is 0 Å². The van der Waals surface area contributed by atoms with Crippen molar-refractivity contribution in [1.82, 2.24) is 24.4 Å². The first-order chi connectivity index (χ1) is 19.4. The number of para-hydroxylation sites is 2. The summed E-state index contributed by atoms with van der Waals surface area (Å²) in [5, 5.41) is 0. The first-order valence-electron chi connectivity index (χ1n) is 13.9. The molecule has 1 aliphatic carbocycles. The summed E-state index contributed by atoms with van der Waals surface area (Å²) in [5.74, 6) is 1.50. The van der Waals surface area contributed by atoms with Crippen molar-refractivity contribution in [2.24, 2.45) is 5.92 Å². The van der Waals surface area contributed by atoms with E-state index in [1.165, 1.54) is 4.57 Å². The summed E-state index contributed by atoms with van der Waals surface area (Å²) in [4.78, 5) is 17.8. The Bertz CT molecular complexity index is 1420. The molecule has 2 aliphatic heterocycles. The van der Waals surface area contributed by atoms with Gasteiger partial charge in [-0.2, -0.15) is 9.97 Å². The molecule has 1 saturated carbocycles. The van der Waals surface area contributed by atoms with Gasteiger partial charge in [0.05, 0.1) is 42.4 Å². The highest BCUT2D eigenvalue weighted by Crippen LogP contribution is 2.31. The summed E-state index contributed by atoms with van der Waals surface area (Å²) in [6.45, 7) is 3.96. The Hall–Kier alpha value is -2.90. The molecule has 0 radical (unpaired) electrons. The van der Waals surface area contributed by atoms with E-state index in [2.05, 4.69) is 19.9 Å². The number of morpholine rings is 1. The number of ether oxygens (including phenoxy) is 2. The van der Waals surface area contributed by atoms with Crippen LogP contribution in [-0.4, -0.2) is 96.4 Å². The summed E-state index contributed by atoms with van der Waals surface area (Å²) >= 11 is 0. The largest absolute Gasteiger partial charge is 0.477 e. The van der Waals surface area contributed by atoms with E-state index in [4.69, 9.17) is 9.47 Å². The Morgan fingerprint density at radius 3 is 2.42 bits per heavy atom. The number of hydrogen-bond acceptors (Lipinski definition) is 9. The maximum absolute atomic E-state index is 14.1. The quantitative estimate of drug-likeness (QED) is 0.419. The smallest absolute Gasteiger partial charge is 0.296 e. The summed E-state index contributed by atoms with van der Waals surface area (Å²) in [5.41, 5.74) is 1.01. The first kappa shape index (κ1) is 27.3. The number of halogens is 2. The van der Waals surface area contributed by atoms with Crippen LogP contribution in [0.4, 0.5) is 14.7 Å². The molecule has 2 aromatic heterocycles. The molecule has 10 nitrogen and oxygen atoms in total. The highest BCUT2D eigenvalue weighted by atomic mass is 32.2. The third-order valence-electron chi connectivity index (χ3n) is 8.16. The number of alkyl halides is 2. The van der Waals surface area contributed by atoms with Gasteiger partial charge in [-0.25, -0.2) is 22.2 Å². The Morgan fingerprint density at radius 1 is 0.975 bits per heavy atom. The third kappa shape index (κ3) is 5.91. The van der Waals surface area contributed by atoms with Gasteiger partial charge in [0.25, 0.3) is 6.43 Å². The zero-order chi connectivity index (χ0) is 27.7. The normalized spacial score (nSPS) is 24.0. The van der Waals surface area contributed by atoms with Gasteiger partial charge in [-0.1, -0.05) is 12.1 Å². The minimum atomic E-state index is -2.89. The predicted molar refractivity (Wildman–Crippen MR) is 146 cm³/mol. The van der Waals surface area contributed by atoms with Gasteiger partial charge in [-0.05, 0) is 43.7 Å². The van der Waals surface area contributed by atoms with E-state index in [9.17, 15) is 17.2 Å². The molecule has 0 amide bonds. The molecule has 4 heterocycles. The van der Waals surface area contributed by atoms with Crippen LogP contribution in [0.1, 0.15) is 37.9 Å². The standard InChI is InChI=1S/C27H34F2N6O4S/c28-25(29)26-30-21-3-1-2-4-22(21)35(26)23-17-24(32-27(31-23)34-9-13-38-14-10-34)39-18-19-5-7-20(8-6-19)33-11-15-40(36,37)16-12-33/h1-4,17,19-20,25H,5-16,18H2. The van der Waals surface area contributed by atoms with Gasteiger partial charge in [0.1, 0.15) is 5.82 Å². The molecular formula is C27H34F2N6O4S. The van der Waals surface area contributed by atoms with Crippen LogP contribution in [-0.2, 0) is 14.6 Å². The fraction of sp³-hybridized carbons (Fsp3) is 0.593. The summed E-state index contributed by atoms with van der Waals surface area (Å²) in [6, 6.07) is 9.04. The van der Waals surface area contributed by atoms with Crippen LogP contribution in [0.2, 0.25) is 0 Å². The number of anilines is 1. The van der Waals surface area contributed by atoms with E-state index >= 15 is 0 Å². The van der Waals surface area contributed by atoms with Gasteiger partial charge >= 0.3 is 0 Å². The lowest BCUT2D eigenvalue weighted by Gasteiger charge is -2.38. The maximum Gasteiger partial charge on any atom is 0.296 e. The molecule has 216 valence electrons. The molecule has 0 bridgehead atoms. The molecular weight excluding hydrogens is 542 g/mol. The average molecular weight is 577 g/mol. The number of hydrogen-bond donors (Lipinski definition) is 0. The molecule has 3 fully saturated rings. The third-order valence-corrected chi connectivity index (χ3v) is 9.77. The Labute approximate surface area is 232 Å².